The van der Waals surface area contributed by atoms with E-state index in [4.69, 9.17) is 9.68 Å². The predicted octanol–water partition coefficient (Wildman–Crippen LogP) is 3.26. The highest BCUT2D eigenvalue weighted by atomic mass is 32.2. The predicted molar refractivity (Wildman–Crippen MR) is 89.6 cm³/mol. The van der Waals surface area contributed by atoms with Crippen LogP contribution in [0.1, 0.15) is 36.1 Å². The van der Waals surface area contributed by atoms with Crippen LogP contribution in [0.3, 0.4) is 0 Å². The van der Waals surface area contributed by atoms with Gasteiger partial charge in [-0.25, -0.2) is 8.42 Å². The zero-order valence-electron chi connectivity index (χ0n) is 13.4. The summed E-state index contributed by atoms with van der Waals surface area (Å²) in [6.07, 6.45) is 5.86. The van der Waals surface area contributed by atoms with Crippen LogP contribution in [-0.2, 0) is 29.4 Å². The molecule has 0 saturated heterocycles. The summed E-state index contributed by atoms with van der Waals surface area (Å²) < 4.78 is 32.6. The molecular formula is C18H20N2O3S. The number of aryl methyl sites for hydroxylation is 2. The van der Waals surface area contributed by atoms with E-state index in [2.05, 4.69) is 0 Å². The molecule has 0 saturated carbocycles. The van der Waals surface area contributed by atoms with Crippen molar-refractivity contribution in [2.75, 3.05) is 6.54 Å². The molecule has 3 rings (SSSR count). The van der Waals surface area contributed by atoms with Crippen molar-refractivity contribution in [3.8, 4) is 6.07 Å². The molecule has 0 aliphatic heterocycles. The standard InChI is InChI=1S/C18H20N2O3S/c19-10-4-11-20(14-17-7-3-12-23-17)24(21,22)18-9-8-15-5-1-2-6-16(15)13-18/h3,7-9,12-13H,1-2,4-6,11,14H2. The van der Waals surface area contributed by atoms with Crippen LogP contribution >= 0.6 is 0 Å². The number of sulfonamides is 1. The Morgan fingerprint density at radius 1 is 1.17 bits per heavy atom. The largest absolute Gasteiger partial charge is 0.468 e. The molecule has 0 N–H and O–H groups in total. The fraction of sp³-hybridized carbons (Fsp3) is 0.389. The number of hydrogen-bond donors (Lipinski definition) is 0. The average molecular weight is 344 g/mol. The molecule has 1 aliphatic rings. The topological polar surface area (TPSA) is 74.3 Å². The number of nitrogens with zero attached hydrogens (tertiary/aromatic N) is 2. The lowest BCUT2D eigenvalue weighted by Gasteiger charge is -2.22. The van der Waals surface area contributed by atoms with E-state index in [9.17, 15) is 8.42 Å². The van der Waals surface area contributed by atoms with Crippen LogP contribution in [0.4, 0.5) is 0 Å². The van der Waals surface area contributed by atoms with E-state index >= 15 is 0 Å². The van der Waals surface area contributed by atoms with E-state index in [-0.39, 0.29) is 19.5 Å². The van der Waals surface area contributed by atoms with Crippen LogP contribution < -0.4 is 0 Å². The van der Waals surface area contributed by atoms with Crippen molar-refractivity contribution in [3.63, 3.8) is 0 Å². The first-order valence-electron chi connectivity index (χ1n) is 8.12. The third-order valence-corrected chi connectivity index (χ3v) is 6.18. The molecule has 0 unspecified atom stereocenters. The second-order valence-corrected chi connectivity index (χ2v) is 7.90. The summed E-state index contributed by atoms with van der Waals surface area (Å²) in [6.45, 7) is 0.282. The molecule has 0 atom stereocenters. The highest BCUT2D eigenvalue weighted by molar-refractivity contribution is 7.89. The Hall–Kier alpha value is -2.10. The Morgan fingerprint density at radius 2 is 1.96 bits per heavy atom. The second kappa shape index (κ2) is 7.20. The van der Waals surface area contributed by atoms with Gasteiger partial charge < -0.3 is 4.42 Å². The Kier molecular flexibility index (Phi) is 5.03. The third-order valence-electron chi connectivity index (χ3n) is 4.34. The van der Waals surface area contributed by atoms with Crippen molar-refractivity contribution in [1.82, 2.24) is 4.31 Å². The lowest BCUT2D eigenvalue weighted by molar-refractivity contribution is 0.368. The molecule has 0 fully saturated rings. The summed E-state index contributed by atoms with van der Waals surface area (Å²) in [5, 5.41) is 8.84. The number of rotatable bonds is 6. The van der Waals surface area contributed by atoms with Crippen LogP contribution in [-0.4, -0.2) is 19.3 Å². The van der Waals surface area contributed by atoms with Crippen molar-refractivity contribution in [2.45, 2.75) is 43.5 Å². The molecule has 1 aliphatic carbocycles. The number of fused-ring (bicyclic) bond motifs is 1. The molecule has 1 aromatic heterocycles. The molecule has 1 heterocycles. The van der Waals surface area contributed by atoms with E-state index in [1.165, 1.54) is 16.1 Å². The molecule has 6 heteroatoms. The van der Waals surface area contributed by atoms with Gasteiger partial charge in [0.1, 0.15) is 5.76 Å². The van der Waals surface area contributed by atoms with Crippen molar-refractivity contribution in [2.24, 2.45) is 0 Å². The number of nitriles is 1. The summed E-state index contributed by atoms with van der Waals surface area (Å²) in [5.41, 5.74) is 2.37. The monoisotopic (exact) mass is 344 g/mol. The fourth-order valence-corrected chi connectivity index (χ4v) is 4.51. The number of hydrogen-bond acceptors (Lipinski definition) is 4. The zero-order chi connectivity index (χ0) is 17.0. The summed E-state index contributed by atoms with van der Waals surface area (Å²) in [4.78, 5) is 0.299. The fourth-order valence-electron chi connectivity index (χ4n) is 3.05. The van der Waals surface area contributed by atoms with Crippen molar-refractivity contribution in [1.29, 1.82) is 5.26 Å². The highest BCUT2D eigenvalue weighted by Gasteiger charge is 2.26. The van der Waals surface area contributed by atoms with Gasteiger partial charge in [-0.3, -0.25) is 0 Å². The number of furan rings is 1. The lowest BCUT2D eigenvalue weighted by Crippen LogP contribution is -2.31. The average Bonchev–Trinajstić information content (AvgIpc) is 3.11. The van der Waals surface area contributed by atoms with E-state index in [1.807, 2.05) is 12.1 Å². The van der Waals surface area contributed by atoms with E-state index < -0.39 is 10.0 Å². The summed E-state index contributed by atoms with van der Waals surface area (Å²) in [5.74, 6) is 0.564. The maximum atomic E-state index is 13.0. The van der Waals surface area contributed by atoms with Gasteiger partial charge in [0.15, 0.2) is 0 Å². The molecule has 0 amide bonds. The molecule has 5 nitrogen and oxygen atoms in total. The van der Waals surface area contributed by atoms with Gasteiger partial charge in [0.25, 0.3) is 0 Å². The molecule has 2 aromatic rings. The quantitative estimate of drug-likeness (QED) is 0.806. The van der Waals surface area contributed by atoms with Gasteiger partial charge in [-0.1, -0.05) is 6.07 Å². The minimum Gasteiger partial charge on any atom is -0.468 e. The van der Waals surface area contributed by atoms with Gasteiger partial charge in [0.05, 0.1) is 23.8 Å². The number of benzene rings is 1. The molecule has 24 heavy (non-hydrogen) atoms. The summed E-state index contributed by atoms with van der Waals surface area (Å²) in [6, 6.07) is 10.9. The first kappa shape index (κ1) is 16.7. The molecule has 1 aromatic carbocycles. The first-order valence-corrected chi connectivity index (χ1v) is 9.56. The van der Waals surface area contributed by atoms with Gasteiger partial charge in [0, 0.05) is 13.0 Å². The SMILES string of the molecule is N#CCCN(Cc1ccco1)S(=O)(=O)c1ccc2c(c1)CCCC2. The van der Waals surface area contributed by atoms with E-state index in [0.717, 1.165) is 31.2 Å². The maximum absolute atomic E-state index is 13.0. The van der Waals surface area contributed by atoms with Crippen LogP contribution in [0, 0.1) is 11.3 Å². The van der Waals surface area contributed by atoms with Gasteiger partial charge in [-0.2, -0.15) is 9.57 Å². The van der Waals surface area contributed by atoms with Crippen LogP contribution in [0.5, 0.6) is 0 Å². The van der Waals surface area contributed by atoms with Gasteiger partial charge in [-0.05, 0) is 61.1 Å². The molecule has 126 valence electrons. The van der Waals surface area contributed by atoms with Gasteiger partial charge >= 0.3 is 0 Å². The normalized spacial score (nSPS) is 14.3. The molecule has 0 bridgehead atoms. The lowest BCUT2D eigenvalue weighted by atomic mass is 9.92. The smallest absolute Gasteiger partial charge is 0.243 e. The van der Waals surface area contributed by atoms with Crippen molar-refractivity contribution < 1.29 is 12.8 Å². The minimum atomic E-state index is -3.66. The Morgan fingerprint density at radius 3 is 2.67 bits per heavy atom. The molecule has 0 spiro atoms. The minimum absolute atomic E-state index is 0.133. The molecular weight excluding hydrogens is 324 g/mol. The zero-order valence-corrected chi connectivity index (χ0v) is 14.3. The highest BCUT2D eigenvalue weighted by Crippen LogP contribution is 2.26. The maximum Gasteiger partial charge on any atom is 0.243 e. The van der Waals surface area contributed by atoms with Gasteiger partial charge in [0.2, 0.25) is 10.0 Å². The summed E-state index contributed by atoms with van der Waals surface area (Å²) in [7, 11) is -3.66. The summed E-state index contributed by atoms with van der Waals surface area (Å²) >= 11 is 0. The van der Waals surface area contributed by atoms with E-state index in [0.29, 0.717) is 10.7 Å². The Bertz CT molecular complexity index is 836. The van der Waals surface area contributed by atoms with Gasteiger partial charge in [-0.15, -0.1) is 0 Å². The van der Waals surface area contributed by atoms with Crippen LogP contribution in [0.2, 0.25) is 0 Å². The molecule has 0 radical (unpaired) electrons. The van der Waals surface area contributed by atoms with Crippen molar-refractivity contribution in [3.05, 3.63) is 53.5 Å². The Labute approximate surface area is 142 Å². The van der Waals surface area contributed by atoms with Crippen molar-refractivity contribution >= 4 is 10.0 Å². The second-order valence-electron chi connectivity index (χ2n) is 5.96. The van der Waals surface area contributed by atoms with Crippen LogP contribution in [0.25, 0.3) is 0 Å². The van der Waals surface area contributed by atoms with E-state index in [1.54, 1.807) is 24.3 Å². The first-order chi connectivity index (χ1) is 11.6. The Balaban J connectivity index is 1.91. The third kappa shape index (κ3) is 3.53. The van der Waals surface area contributed by atoms with Crippen LogP contribution in [0.15, 0.2) is 45.9 Å².